The summed E-state index contributed by atoms with van der Waals surface area (Å²) in [6.45, 7) is 26.6. The molecule has 2 aromatic rings. The topological polar surface area (TPSA) is 9.72 Å². The third-order valence-electron chi connectivity index (χ3n) is 7.56. The molecule has 1 aliphatic rings. The van der Waals surface area contributed by atoms with Gasteiger partial charge in [0, 0.05) is 68.2 Å². The monoisotopic (exact) mass is 527 g/mol. The van der Waals surface area contributed by atoms with Gasteiger partial charge in [-0.2, -0.15) is 0 Å². The van der Waals surface area contributed by atoms with Crippen LogP contribution < -0.4 is 0 Å². The highest BCUT2D eigenvalue weighted by molar-refractivity contribution is 7.80. The van der Waals surface area contributed by atoms with Crippen molar-refractivity contribution in [2.75, 3.05) is 39.3 Å². The highest BCUT2D eigenvalue weighted by Gasteiger charge is 2.21. The van der Waals surface area contributed by atoms with Crippen LogP contribution in [0, 0.1) is 0 Å². The molecule has 3 nitrogen and oxygen atoms in total. The first kappa shape index (κ1) is 29.6. The van der Waals surface area contributed by atoms with Crippen LogP contribution in [-0.2, 0) is 23.9 Å². The van der Waals surface area contributed by atoms with E-state index in [0.717, 1.165) is 62.1 Å². The highest BCUT2D eigenvalue weighted by Crippen LogP contribution is 2.28. The lowest BCUT2D eigenvalue weighted by Crippen LogP contribution is -2.40. The molecule has 200 valence electrons. The highest BCUT2D eigenvalue weighted by atomic mass is 32.1. The van der Waals surface area contributed by atoms with Gasteiger partial charge in [0.25, 0.3) is 0 Å². The molecular formula is C31H49N3S2. The molecule has 1 saturated heterocycles. The van der Waals surface area contributed by atoms with Gasteiger partial charge in [0.05, 0.1) is 0 Å². The van der Waals surface area contributed by atoms with Gasteiger partial charge < -0.3 is 0 Å². The van der Waals surface area contributed by atoms with Crippen molar-refractivity contribution < 1.29 is 0 Å². The summed E-state index contributed by atoms with van der Waals surface area (Å²) >= 11 is 9.77. The maximum Gasteiger partial charge on any atom is 0.0245 e. The smallest absolute Gasteiger partial charge is 0.0245 e. The Hall–Kier alpha value is -0.980. The van der Waals surface area contributed by atoms with E-state index in [1.165, 1.54) is 22.3 Å². The van der Waals surface area contributed by atoms with Gasteiger partial charge >= 0.3 is 0 Å². The second-order valence-corrected chi connectivity index (χ2v) is 13.8. The average Bonchev–Trinajstić information content (AvgIpc) is 2.86. The van der Waals surface area contributed by atoms with Gasteiger partial charge in [-0.1, -0.05) is 65.8 Å². The molecule has 1 heterocycles. The van der Waals surface area contributed by atoms with Crippen LogP contribution in [-0.4, -0.2) is 60.0 Å². The largest absolute Gasteiger partial charge is 0.298 e. The molecule has 0 N–H and O–H groups in total. The van der Waals surface area contributed by atoms with Crippen molar-refractivity contribution in [1.82, 2.24) is 14.7 Å². The molecule has 0 aromatic heterocycles. The Morgan fingerprint density at radius 1 is 0.639 bits per heavy atom. The van der Waals surface area contributed by atoms with Crippen molar-refractivity contribution in [3.8, 4) is 0 Å². The number of thiol groups is 2. The van der Waals surface area contributed by atoms with Crippen molar-refractivity contribution in [3.05, 3.63) is 58.7 Å². The first-order valence-corrected chi connectivity index (χ1v) is 14.5. The van der Waals surface area contributed by atoms with Crippen LogP contribution in [0.3, 0.4) is 0 Å². The summed E-state index contributed by atoms with van der Waals surface area (Å²) < 4.78 is 0. The number of hydrogen-bond donors (Lipinski definition) is 2. The summed E-state index contributed by atoms with van der Waals surface area (Å²) in [5, 5.41) is 0. The second kappa shape index (κ2) is 12.3. The fourth-order valence-corrected chi connectivity index (χ4v) is 5.37. The van der Waals surface area contributed by atoms with Crippen molar-refractivity contribution >= 4 is 25.3 Å². The molecule has 36 heavy (non-hydrogen) atoms. The van der Waals surface area contributed by atoms with Crippen LogP contribution in [0.1, 0.15) is 77.6 Å². The molecule has 0 atom stereocenters. The van der Waals surface area contributed by atoms with Crippen LogP contribution in [0.2, 0.25) is 0 Å². The zero-order valence-corrected chi connectivity index (χ0v) is 25.7. The van der Waals surface area contributed by atoms with Gasteiger partial charge in [0.15, 0.2) is 0 Å². The SMILES string of the molecule is CC(C)N1CCN(Cc2ccc(C(C)(C)C)cc2S)CCN(Cc2ccc(C(C)(C)C)cc2S)CC1. The molecular weight excluding hydrogens is 478 g/mol. The lowest BCUT2D eigenvalue weighted by atomic mass is 9.86. The van der Waals surface area contributed by atoms with Crippen LogP contribution in [0.15, 0.2) is 46.2 Å². The Labute approximate surface area is 232 Å². The van der Waals surface area contributed by atoms with Crippen molar-refractivity contribution in [1.29, 1.82) is 0 Å². The van der Waals surface area contributed by atoms with Gasteiger partial charge in [-0.05, 0) is 59.1 Å². The molecule has 1 aliphatic heterocycles. The predicted octanol–water partition coefficient (Wildman–Crippen LogP) is 6.89. The van der Waals surface area contributed by atoms with E-state index in [1.54, 1.807) is 0 Å². The number of benzene rings is 2. The first-order chi connectivity index (χ1) is 16.7. The number of rotatable bonds is 5. The van der Waals surface area contributed by atoms with E-state index < -0.39 is 0 Å². The lowest BCUT2D eigenvalue weighted by Gasteiger charge is -2.29. The molecule has 0 saturated carbocycles. The molecule has 0 aliphatic carbocycles. The van der Waals surface area contributed by atoms with E-state index >= 15 is 0 Å². The van der Waals surface area contributed by atoms with Gasteiger partial charge in [0.2, 0.25) is 0 Å². The molecule has 2 aromatic carbocycles. The Bertz CT molecular complexity index is 926. The van der Waals surface area contributed by atoms with Gasteiger partial charge in [-0.3, -0.25) is 14.7 Å². The van der Waals surface area contributed by atoms with Crippen LogP contribution >= 0.6 is 25.3 Å². The van der Waals surface area contributed by atoms with Crippen LogP contribution in [0.5, 0.6) is 0 Å². The summed E-state index contributed by atoms with van der Waals surface area (Å²) in [7, 11) is 0. The molecule has 3 rings (SSSR count). The molecule has 0 radical (unpaired) electrons. The Balaban J connectivity index is 1.76. The minimum Gasteiger partial charge on any atom is -0.298 e. The van der Waals surface area contributed by atoms with Gasteiger partial charge in [0.1, 0.15) is 0 Å². The Morgan fingerprint density at radius 3 is 1.31 bits per heavy atom. The normalized spacial score (nSPS) is 17.8. The average molecular weight is 528 g/mol. The van der Waals surface area contributed by atoms with Crippen molar-refractivity contribution in [2.45, 2.75) is 95.1 Å². The second-order valence-electron chi connectivity index (χ2n) is 12.9. The maximum atomic E-state index is 4.89. The minimum absolute atomic E-state index is 0.143. The summed E-state index contributed by atoms with van der Waals surface area (Å²) in [5.74, 6) is 0. The maximum absolute atomic E-state index is 4.89. The van der Waals surface area contributed by atoms with Crippen molar-refractivity contribution in [2.24, 2.45) is 0 Å². The quantitative estimate of drug-likeness (QED) is 0.410. The molecule has 0 amide bonds. The standard InChI is InChI=1S/C31H49N3S2/c1-23(2)34-17-15-32(21-24-9-11-26(19-28(24)35)30(3,4)5)13-14-33(16-18-34)22-25-10-12-27(20-29(25)36)31(6,7)8/h9-12,19-20,23,35-36H,13-18,21-22H2,1-8H3. The van der Waals surface area contributed by atoms with E-state index in [2.05, 4.69) is 106 Å². The Morgan fingerprint density at radius 2 is 1.00 bits per heavy atom. The summed E-state index contributed by atoms with van der Waals surface area (Å²) in [6.07, 6.45) is 0. The summed E-state index contributed by atoms with van der Waals surface area (Å²) in [5.41, 5.74) is 5.62. The molecule has 1 fully saturated rings. The zero-order valence-electron chi connectivity index (χ0n) is 23.9. The van der Waals surface area contributed by atoms with Gasteiger partial charge in [-0.25, -0.2) is 0 Å². The van der Waals surface area contributed by atoms with E-state index in [1.807, 2.05) is 0 Å². The van der Waals surface area contributed by atoms with Crippen LogP contribution in [0.25, 0.3) is 0 Å². The third-order valence-corrected chi connectivity index (χ3v) is 8.39. The van der Waals surface area contributed by atoms with Crippen LogP contribution in [0.4, 0.5) is 0 Å². The lowest BCUT2D eigenvalue weighted by molar-refractivity contribution is 0.180. The molecule has 0 spiro atoms. The number of nitrogens with zero attached hydrogens (tertiary/aromatic N) is 3. The molecule has 0 unspecified atom stereocenters. The molecule has 5 heteroatoms. The van der Waals surface area contributed by atoms with E-state index in [9.17, 15) is 0 Å². The van der Waals surface area contributed by atoms with E-state index in [-0.39, 0.29) is 10.8 Å². The summed E-state index contributed by atoms with van der Waals surface area (Å²) in [4.78, 5) is 10.1. The zero-order chi connectivity index (χ0) is 26.7. The minimum atomic E-state index is 0.143. The van der Waals surface area contributed by atoms with Crippen molar-refractivity contribution in [3.63, 3.8) is 0 Å². The Kier molecular flexibility index (Phi) is 10.1. The van der Waals surface area contributed by atoms with E-state index in [0.29, 0.717) is 6.04 Å². The predicted molar refractivity (Wildman–Crippen MR) is 162 cm³/mol. The van der Waals surface area contributed by atoms with Gasteiger partial charge in [-0.15, -0.1) is 25.3 Å². The fraction of sp³-hybridized carbons (Fsp3) is 0.613. The molecule has 0 bridgehead atoms. The fourth-order valence-electron chi connectivity index (χ4n) is 4.80. The third kappa shape index (κ3) is 8.26. The first-order valence-electron chi connectivity index (χ1n) is 13.6. The number of hydrogen-bond acceptors (Lipinski definition) is 5. The summed E-state index contributed by atoms with van der Waals surface area (Å²) in [6, 6.07) is 14.2. The van der Waals surface area contributed by atoms with E-state index in [4.69, 9.17) is 25.3 Å².